The molecule has 0 radical (unpaired) electrons. The van der Waals surface area contributed by atoms with Crippen molar-refractivity contribution in [3.63, 3.8) is 0 Å². The maximum absolute atomic E-state index is 4.65. The molecule has 0 aliphatic rings. The summed E-state index contributed by atoms with van der Waals surface area (Å²) in [6.07, 6.45) is 1.80. The van der Waals surface area contributed by atoms with Crippen molar-refractivity contribution < 1.29 is 0 Å². The van der Waals surface area contributed by atoms with Gasteiger partial charge in [0, 0.05) is 30.1 Å². The number of anilines is 1. The summed E-state index contributed by atoms with van der Waals surface area (Å²) in [6.45, 7) is 0. The molecule has 0 bridgehead atoms. The van der Waals surface area contributed by atoms with E-state index in [2.05, 4.69) is 27.4 Å². The third-order valence-corrected chi connectivity index (χ3v) is 3.13. The molecule has 3 rings (SSSR count). The van der Waals surface area contributed by atoms with Gasteiger partial charge in [-0.05, 0) is 18.2 Å². The summed E-state index contributed by atoms with van der Waals surface area (Å²) in [6, 6.07) is 20.1. The Bertz CT molecular complexity index is 708. The number of nitrogens with zero attached hydrogens (tertiary/aromatic N) is 2. The monoisotopic (exact) mass is 261 g/mol. The van der Waals surface area contributed by atoms with Gasteiger partial charge in [-0.3, -0.25) is 0 Å². The van der Waals surface area contributed by atoms with Crippen LogP contribution < -0.4 is 5.32 Å². The van der Waals surface area contributed by atoms with Gasteiger partial charge >= 0.3 is 0 Å². The first-order valence-corrected chi connectivity index (χ1v) is 6.53. The summed E-state index contributed by atoms with van der Waals surface area (Å²) in [5.41, 5.74) is 4.09. The van der Waals surface area contributed by atoms with Crippen molar-refractivity contribution in [3.8, 4) is 22.6 Å². The lowest BCUT2D eigenvalue weighted by molar-refractivity contribution is 1.18. The van der Waals surface area contributed by atoms with Gasteiger partial charge in [-0.15, -0.1) is 0 Å². The van der Waals surface area contributed by atoms with Gasteiger partial charge in [-0.1, -0.05) is 42.5 Å². The van der Waals surface area contributed by atoms with Crippen molar-refractivity contribution in [3.05, 3.63) is 66.9 Å². The van der Waals surface area contributed by atoms with E-state index in [9.17, 15) is 0 Å². The summed E-state index contributed by atoms with van der Waals surface area (Å²) in [5.74, 6) is 0.739. The number of aromatic nitrogens is 2. The molecule has 3 nitrogen and oxygen atoms in total. The molecule has 0 aliphatic heterocycles. The number of hydrogen-bond acceptors (Lipinski definition) is 3. The van der Waals surface area contributed by atoms with Gasteiger partial charge in [0.05, 0.1) is 5.69 Å². The average molecular weight is 261 g/mol. The van der Waals surface area contributed by atoms with Crippen molar-refractivity contribution in [2.75, 3.05) is 12.4 Å². The Morgan fingerprint density at radius 3 is 2.45 bits per heavy atom. The van der Waals surface area contributed by atoms with Crippen LogP contribution in [0.25, 0.3) is 22.6 Å². The molecule has 0 unspecified atom stereocenters. The second kappa shape index (κ2) is 5.53. The van der Waals surface area contributed by atoms with Crippen LogP contribution in [0.2, 0.25) is 0 Å². The maximum atomic E-state index is 4.65. The highest BCUT2D eigenvalue weighted by atomic mass is 14.9. The topological polar surface area (TPSA) is 37.8 Å². The molecule has 2 aromatic carbocycles. The third kappa shape index (κ3) is 2.52. The summed E-state index contributed by atoms with van der Waals surface area (Å²) in [4.78, 5) is 9.02. The zero-order valence-electron chi connectivity index (χ0n) is 11.2. The van der Waals surface area contributed by atoms with E-state index in [1.54, 1.807) is 6.20 Å². The number of nitrogens with one attached hydrogen (secondary N) is 1. The van der Waals surface area contributed by atoms with Crippen LogP contribution in [0.15, 0.2) is 66.9 Å². The number of rotatable bonds is 3. The zero-order valence-corrected chi connectivity index (χ0v) is 11.2. The predicted octanol–water partition coefficient (Wildman–Crippen LogP) is 3.85. The molecule has 0 saturated carbocycles. The zero-order chi connectivity index (χ0) is 13.8. The molecule has 0 fully saturated rings. The van der Waals surface area contributed by atoms with E-state index >= 15 is 0 Å². The van der Waals surface area contributed by atoms with Crippen LogP contribution in [0.1, 0.15) is 0 Å². The first-order chi connectivity index (χ1) is 9.86. The Morgan fingerprint density at radius 2 is 1.65 bits per heavy atom. The molecular formula is C17H15N3. The lowest BCUT2D eigenvalue weighted by Crippen LogP contribution is -1.93. The number of benzene rings is 2. The fourth-order valence-corrected chi connectivity index (χ4v) is 2.08. The second-order valence-corrected chi connectivity index (χ2v) is 4.46. The van der Waals surface area contributed by atoms with E-state index in [1.165, 1.54) is 0 Å². The molecule has 3 aromatic rings. The fourth-order valence-electron chi connectivity index (χ4n) is 2.08. The van der Waals surface area contributed by atoms with Crippen molar-refractivity contribution in [2.24, 2.45) is 0 Å². The van der Waals surface area contributed by atoms with Gasteiger partial charge in [0.15, 0.2) is 5.82 Å². The van der Waals surface area contributed by atoms with Crippen LogP contribution >= 0.6 is 0 Å². The van der Waals surface area contributed by atoms with Crippen molar-refractivity contribution in [2.45, 2.75) is 0 Å². The molecule has 20 heavy (non-hydrogen) atoms. The smallest absolute Gasteiger partial charge is 0.159 e. The van der Waals surface area contributed by atoms with Crippen molar-refractivity contribution in [1.29, 1.82) is 0 Å². The minimum Gasteiger partial charge on any atom is -0.388 e. The summed E-state index contributed by atoms with van der Waals surface area (Å²) in [5, 5.41) is 3.13. The first-order valence-electron chi connectivity index (χ1n) is 6.53. The fraction of sp³-hybridized carbons (Fsp3) is 0.0588. The molecule has 0 saturated heterocycles. The van der Waals surface area contributed by atoms with Crippen LogP contribution in [-0.4, -0.2) is 17.0 Å². The quantitative estimate of drug-likeness (QED) is 0.778. The molecular weight excluding hydrogens is 246 g/mol. The van der Waals surface area contributed by atoms with Crippen LogP contribution in [0, 0.1) is 0 Å². The van der Waals surface area contributed by atoms with E-state index in [1.807, 2.05) is 55.6 Å². The van der Waals surface area contributed by atoms with Crippen LogP contribution in [0.5, 0.6) is 0 Å². The molecule has 1 heterocycles. The molecule has 1 N–H and O–H groups in total. The first kappa shape index (κ1) is 12.4. The van der Waals surface area contributed by atoms with E-state index in [0.29, 0.717) is 0 Å². The van der Waals surface area contributed by atoms with E-state index < -0.39 is 0 Å². The molecule has 1 aromatic heterocycles. The summed E-state index contributed by atoms with van der Waals surface area (Å²) in [7, 11) is 1.90. The highest BCUT2D eigenvalue weighted by molar-refractivity contribution is 5.66. The van der Waals surface area contributed by atoms with Crippen molar-refractivity contribution in [1.82, 2.24) is 9.97 Å². The van der Waals surface area contributed by atoms with Crippen LogP contribution in [0.4, 0.5) is 5.69 Å². The molecule has 0 spiro atoms. The standard InChI is InChI=1S/C17H15N3/c1-18-15-9-5-8-14(12-15)17-19-11-10-16(20-17)13-6-3-2-4-7-13/h2-12,18H,1H3. The Balaban J connectivity index is 2.03. The largest absolute Gasteiger partial charge is 0.388 e. The van der Waals surface area contributed by atoms with Gasteiger partial charge in [0.25, 0.3) is 0 Å². The highest BCUT2D eigenvalue weighted by Crippen LogP contribution is 2.22. The Kier molecular flexibility index (Phi) is 3.42. The third-order valence-electron chi connectivity index (χ3n) is 3.13. The number of hydrogen-bond donors (Lipinski definition) is 1. The molecule has 3 heteroatoms. The summed E-state index contributed by atoms with van der Waals surface area (Å²) >= 11 is 0. The predicted molar refractivity (Wildman–Crippen MR) is 82.5 cm³/mol. The van der Waals surface area contributed by atoms with Gasteiger partial charge in [-0.25, -0.2) is 9.97 Å². The normalized spacial score (nSPS) is 10.2. The Hall–Kier alpha value is -2.68. The van der Waals surface area contributed by atoms with Crippen molar-refractivity contribution >= 4 is 5.69 Å². The highest BCUT2D eigenvalue weighted by Gasteiger charge is 2.04. The van der Waals surface area contributed by atoms with Gasteiger partial charge in [-0.2, -0.15) is 0 Å². The molecule has 0 aliphatic carbocycles. The van der Waals surface area contributed by atoms with Crippen LogP contribution in [0.3, 0.4) is 0 Å². The average Bonchev–Trinajstić information content (AvgIpc) is 2.56. The van der Waals surface area contributed by atoms with Gasteiger partial charge in [0.1, 0.15) is 0 Å². The summed E-state index contributed by atoms with van der Waals surface area (Å²) < 4.78 is 0. The van der Waals surface area contributed by atoms with E-state index in [0.717, 1.165) is 28.3 Å². The van der Waals surface area contributed by atoms with E-state index in [-0.39, 0.29) is 0 Å². The lowest BCUT2D eigenvalue weighted by atomic mass is 10.1. The lowest BCUT2D eigenvalue weighted by Gasteiger charge is -2.06. The minimum absolute atomic E-state index is 0.739. The van der Waals surface area contributed by atoms with Gasteiger partial charge < -0.3 is 5.32 Å². The molecule has 0 atom stereocenters. The SMILES string of the molecule is CNc1cccc(-c2nccc(-c3ccccc3)n2)c1. The maximum Gasteiger partial charge on any atom is 0.159 e. The van der Waals surface area contributed by atoms with Crippen LogP contribution in [-0.2, 0) is 0 Å². The molecule has 98 valence electrons. The molecule has 0 amide bonds. The Labute approximate surface area is 118 Å². The Morgan fingerprint density at radius 1 is 0.850 bits per heavy atom. The van der Waals surface area contributed by atoms with E-state index in [4.69, 9.17) is 0 Å². The van der Waals surface area contributed by atoms with Gasteiger partial charge in [0.2, 0.25) is 0 Å². The second-order valence-electron chi connectivity index (χ2n) is 4.46. The minimum atomic E-state index is 0.739.